The average molecular weight is 353 g/mol. The highest BCUT2D eigenvalue weighted by molar-refractivity contribution is 5.75. The molecule has 25 heavy (non-hydrogen) atoms. The second-order valence-corrected chi connectivity index (χ2v) is 8.66. The number of carbonyl (C=O) groups excluding carboxylic acids is 1. The summed E-state index contributed by atoms with van der Waals surface area (Å²) in [5.74, 6) is 0.766. The van der Waals surface area contributed by atoms with Gasteiger partial charge in [-0.1, -0.05) is 6.92 Å². The molecule has 4 rings (SSSR count). The van der Waals surface area contributed by atoms with E-state index in [9.17, 15) is 4.79 Å². The van der Waals surface area contributed by atoms with E-state index >= 15 is 0 Å². The minimum Gasteiger partial charge on any atom is -0.462 e. The van der Waals surface area contributed by atoms with Crippen LogP contribution in [0, 0.1) is 23.2 Å². The van der Waals surface area contributed by atoms with Crippen LogP contribution in [0.25, 0.3) is 0 Å². The van der Waals surface area contributed by atoms with Crippen LogP contribution in [0.2, 0.25) is 0 Å². The Bertz CT molecular complexity index is 518. The molecule has 6 atom stereocenters. The number of esters is 1. The minimum absolute atomic E-state index is 0.0399. The molecule has 0 aromatic heterocycles. The smallest absolute Gasteiger partial charge is 0.310 e. The van der Waals surface area contributed by atoms with E-state index in [1.165, 1.54) is 19.3 Å². The fourth-order valence-corrected chi connectivity index (χ4v) is 5.81. The van der Waals surface area contributed by atoms with Crippen LogP contribution in [0.5, 0.6) is 0 Å². The number of nitrogens with one attached hydrogen (secondary N) is 1. The Morgan fingerprint density at radius 2 is 2.08 bits per heavy atom. The van der Waals surface area contributed by atoms with E-state index in [1.54, 1.807) is 14.2 Å². The Morgan fingerprint density at radius 1 is 1.32 bits per heavy atom. The molecule has 2 saturated heterocycles. The summed E-state index contributed by atoms with van der Waals surface area (Å²) >= 11 is 0. The molecule has 2 aliphatic carbocycles. The number of rotatable bonds is 6. The van der Waals surface area contributed by atoms with Gasteiger partial charge in [-0.3, -0.25) is 4.79 Å². The molecule has 3 unspecified atom stereocenters. The average Bonchev–Trinajstić information content (AvgIpc) is 3.28. The number of hydrogen-bond acceptors (Lipinski definition) is 6. The monoisotopic (exact) mass is 353 g/mol. The van der Waals surface area contributed by atoms with Gasteiger partial charge in [-0.15, -0.1) is 0 Å². The first-order valence-electron chi connectivity index (χ1n) is 9.62. The van der Waals surface area contributed by atoms with Crippen LogP contribution >= 0.6 is 0 Å². The highest BCUT2D eigenvalue weighted by Gasteiger charge is 2.64. The van der Waals surface area contributed by atoms with Gasteiger partial charge in [0.05, 0.1) is 18.1 Å². The molecule has 2 aliphatic heterocycles. The Balaban J connectivity index is 1.43. The molecule has 6 nitrogen and oxygen atoms in total. The van der Waals surface area contributed by atoms with E-state index in [0.717, 1.165) is 19.4 Å². The zero-order valence-electron chi connectivity index (χ0n) is 15.6. The van der Waals surface area contributed by atoms with Gasteiger partial charge in [-0.2, -0.15) is 0 Å². The molecule has 0 bridgehead atoms. The van der Waals surface area contributed by atoms with Crippen LogP contribution < -0.4 is 5.32 Å². The molecule has 0 aromatic carbocycles. The minimum atomic E-state index is -0.288. The molecule has 6 heteroatoms. The van der Waals surface area contributed by atoms with Crippen molar-refractivity contribution in [2.75, 3.05) is 33.9 Å². The van der Waals surface area contributed by atoms with Crippen molar-refractivity contribution < 1.29 is 23.7 Å². The first kappa shape index (κ1) is 17.7. The highest BCUT2D eigenvalue weighted by Crippen LogP contribution is 2.62. The first-order chi connectivity index (χ1) is 12.0. The lowest BCUT2D eigenvalue weighted by atomic mass is 9.53. The predicted octanol–water partition coefficient (Wildman–Crippen LogP) is 1.72. The molecule has 142 valence electrons. The number of carbonyl (C=O) groups is 1. The van der Waals surface area contributed by atoms with Crippen molar-refractivity contribution in [1.29, 1.82) is 0 Å². The summed E-state index contributed by atoms with van der Waals surface area (Å²) in [5.41, 5.74) is 0.370. The summed E-state index contributed by atoms with van der Waals surface area (Å²) in [6.07, 6.45) is 5.49. The van der Waals surface area contributed by atoms with Gasteiger partial charge in [-0.25, -0.2) is 0 Å². The third-order valence-electron chi connectivity index (χ3n) is 7.28. The van der Waals surface area contributed by atoms with E-state index in [1.807, 2.05) is 0 Å². The fourth-order valence-electron chi connectivity index (χ4n) is 5.81. The van der Waals surface area contributed by atoms with Crippen molar-refractivity contribution in [3.63, 3.8) is 0 Å². The summed E-state index contributed by atoms with van der Waals surface area (Å²) in [6, 6.07) is 0. The van der Waals surface area contributed by atoms with Crippen molar-refractivity contribution in [3.8, 4) is 0 Å². The highest BCUT2D eigenvalue weighted by atomic mass is 16.7. The maximum atomic E-state index is 12.5. The normalized spacial score (nSPS) is 45.4. The van der Waals surface area contributed by atoms with Crippen LogP contribution in [0.1, 0.15) is 39.0 Å². The third kappa shape index (κ3) is 3.01. The molecular formula is C19H31NO5. The Hall–Kier alpha value is -0.690. The number of hydrogen-bond donors (Lipinski definition) is 1. The largest absolute Gasteiger partial charge is 0.462 e. The van der Waals surface area contributed by atoms with E-state index < -0.39 is 0 Å². The van der Waals surface area contributed by atoms with E-state index in [4.69, 9.17) is 18.9 Å². The van der Waals surface area contributed by atoms with E-state index in [2.05, 4.69) is 12.2 Å². The van der Waals surface area contributed by atoms with Crippen molar-refractivity contribution in [2.45, 2.75) is 57.0 Å². The number of fused-ring (bicyclic) bond motifs is 3. The van der Waals surface area contributed by atoms with Gasteiger partial charge in [0.15, 0.2) is 6.29 Å². The van der Waals surface area contributed by atoms with Crippen molar-refractivity contribution in [1.82, 2.24) is 5.32 Å². The Morgan fingerprint density at radius 3 is 2.76 bits per heavy atom. The molecule has 1 spiro atoms. The van der Waals surface area contributed by atoms with Crippen LogP contribution in [0.3, 0.4) is 0 Å². The Labute approximate surface area is 149 Å². The second kappa shape index (κ2) is 6.48. The lowest BCUT2D eigenvalue weighted by molar-refractivity contribution is -0.147. The third-order valence-corrected chi connectivity index (χ3v) is 7.28. The molecule has 0 amide bonds. The van der Waals surface area contributed by atoms with Crippen LogP contribution in [-0.2, 0) is 23.7 Å². The maximum Gasteiger partial charge on any atom is 0.310 e. The molecule has 1 N–H and O–H groups in total. The summed E-state index contributed by atoms with van der Waals surface area (Å²) in [5, 5.41) is 3.33. The SMILES string of the molecule is COC(CNCC1C(=O)O[C@@H]2C[C@@]3(C)CCCC4(CO4)C3C[C@H]12)OC. The fraction of sp³-hybridized carbons (Fsp3) is 0.947. The van der Waals surface area contributed by atoms with Gasteiger partial charge < -0.3 is 24.3 Å². The van der Waals surface area contributed by atoms with E-state index in [0.29, 0.717) is 24.9 Å². The van der Waals surface area contributed by atoms with Gasteiger partial charge in [0.1, 0.15) is 6.10 Å². The van der Waals surface area contributed by atoms with Gasteiger partial charge in [0.25, 0.3) is 0 Å². The van der Waals surface area contributed by atoms with E-state index in [-0.39, 0.29) is 35.3 Å². The van der Waals surface area contributed by atoms with Crippen molar-refractivity contribution in [2.24, 2.45) is 23.2 Å². The van der Waals surface area contributed by atoms with Crippen molar-refractivity contribution in [3.05, 3.63) is 0 Å². The summed E-state index contributed by atoms with van der Waals surface area (Å²) in [7, 11) is 3.24. The topological polar surface area (TPSA) is 69.3 Å². The summed E-state index contributed by atoms with van der Waals surface area (Å²) in [6.45, 7) is 4.49. The van der Waals surface area contributed by atoms with Gasteiger partial charge >= 0.3 is 5.97 Å². The molecular weight excluding hydrogens is 322 g/mol. The second-order valence-electron chi connectivity index (χ2n) is 8.66. The van der Waals surface area contributed by atoms with Crippen molar-refractivity contribution >= 4 is 5.97 Å². The zero-order chi connectivity index (χ0) is 17.7. The van der Waals surface area contributed by atoms with Gasteiger partial charge in [0, 0.05) is 33.2 Å². The first-order valence-corrected chi connectivity index (χ1v) is 9.62. The van der Waals surface area contributed by atoms with Crippen LogP contribution in [0.4, 0.5) is 0 Å². The lowest BCUT2D eigenvalue weighted by Gasteiger charge is -2.51. The Kier molecular flexibility index (Phi) is 4.59. The zero-order valence-corrected chi connectivity index (χ0v) is 15.6. The van der Waals surface area contributed by atoms with Crippen LogP contribution in [-0.4, -0.2) is 57.9 Å². The lowest BCUT2D eigenvalue weighted by Crippen LogP contribution is -2.51. The molecule has 0 aromatic rings. The predicted molar refractivity (Wildman–Crippen MR) is 90.9 cm³/mol. The summed E-state index contributed by atoms with van der Waals surface area (Å²) < 4.78 is 22.2. The molecule has 4 fully saturated rings. The molecule has 2 heterocycles. The number of methoxy groups -OCH3 is 2. The van der Waals surface area contributed by atoms with Gasteiger partial charge in [-0.05, 0) is 43.4 Å². The molecule has 0 radical (unpaired) electrons. The van der Waals surface area contributed by atoms with Crippen LogP contribution in [0.15, 0.2) is 0 Å². The molecule has 4 aliphatic rings. The number of epoxide rings is 1. The van der Waals surface area contributed by atoms with Gasteiger partial charge in [0.2, 0.25) is 0 Å². The molecule has 2 saturated carbocycles. The quantitative estimate of drug-likeness (QED) is 0.445. The maximum absolute atomic E-state index is 12.5. The standard InChI is InChI=1S/C19H31NO5/c1-18-5-4-6-19(11-24-19)15(18)7-12-13(17(21)25-14(12)8-18)9-20-10-16(22-2)23-3/h12-16,20H,4-11H2,1-3H3/t12-,13?,14-,15?,18-,19?/m1/s1. The number of ether oxygens (including phenoxy) is 4. The summed E-state index contributed by atoms with van der Waals surface area (Å²) in [4.78, 5) is 12.5.